The SMILES string of the molecule is CNC(=O)C(O)c1ccc(C(=O)Nc2cc(-c3cccs3)ccc2N)cc1. The van der Waals surface area contributed by atoms with Crippen LogP contribution >= 0.6 is 11.3 Å². The molecule has 1 atom stereocenters. The number of aliphatic hydroxyl groups is 1. The summed E-state index contributed by atoms with van der Waals surface area (Å²) in [7, 11) is 1.45. The number of thiophene rings is 1. The van der Waals surface area contributed by atoms with Crippen molar-refractivity contribution in [1.82, 2.24) is 5.32 Å². The summed E-state index contributed by atoms with van der Waals surface area (Å²) >= 11 is 1.60. The van der Waals surface area contributed by atoms with Gasteiger partial charge in [0, 0.05) is 17.5 Å². The van der Waals surface area contributed by atoms with Crippen molar-refractivity contribution in [3.63, 3.8) is 0 Å². The first-order chi connectivity index (χ1) is 13.0. The third-order valence-corrected chi connectivity index (χ3v) is 5.01. The van der Waals surface area contributed by atoms with Gasteiger partial charge in [0.2, 0.25) is 0 Å². The van der Waals surface area contributed by atoms with E-state index in [1.807, 2.05) is 29.6 Å². The lowest BCUT2D eigenvalue weighted by Gasteiger charge is -2.12. The zero-order chi connectivity index (χ0) is 19.4. The summed E-state index contributed by atoms with van der Waals surface area (Å²) in [5.74, 6) is -0.837. The molecule has 6 nitrogen and oxygen atoms in total. The first-order valence-corrected chi connectivity index (χ1v) is 9.12. The number of carbonyl (C=O) groups is 2. The van der Waals surface area contributed by atoms with Crippen LogP contribution in [-0.4, -0.2) is 24.0 Å². The molecule has 138 valence electrons. The van der Waals surface area contributed by atoms with Gasteiger partial charge in [0.05, 0.1) is 11.4 Å². The highest BCUT2D eigenvalue weighted by Crippen LogP contribution is 2.30. The maximum atomic E-state index is 12.5. The van der Waals surface area contributed by atoms with Crippen LogP contribution in [0.1, 0.15) is 22.0 Å². The highest BCUT2D eigenvalue weighted by Gasteiger charge is 2.16. The van der Waals surface area contributed by atoms with Crippen LogP contribution in [0, 0.1) is 0 Å². The Morgan fingerprint density at radius 2 is 1.85 bits per heavy atom. The second-order valence-corrected chi connectivity index (χ2v) is 6.82. The molecule has 0 bridgehead atoms. The number of hydrogen-bond acceptors (Lipinski definition) is 5. The summed E-state index contributed by atoms with van der Waals surface area (Å²) in [6.07, 6.45) is -1.27. The van der Waals surface area contributed by atoms with Gasteiger partial charge in [-0.1, -0.05) is 24.3 Å². The molecule has 27 heavy (non-hydrogen) atoms. The van der Waals surface area contributed by atoms with Gasteiger partial charge < -0.3 is 21.5 Å². The molecule has 0 saturated carbocycles. The highest BCUT2D eigenvalue weighted by atomic mass is 32.1. The predicted octanol–water partition coefficient (Wildman–Crippen LogP) is 3.03. The van der Waals surface area contributed by atoms with E-state index in [0.29, 0.717) is 22.5 Å². The molecule has 1 aromatic heterocycles. The number of rotatable bonds is 5. The van der Waals surface area contributed by atoms with E-state index < -0.39 is 12.0 Å². The molecule has 2 amide bonds. The van der Waals surface area contributed by atoms with Gasteiger partial charge in [-0.25, -0.2) is 0 Å². The average molecular weight is 381 g/mol. The monoisotopic (exact) mass is 381 g/mol. The quantitative estimate of drug-likeness (QED) is 0.510. The van der Waals surface area contributed by atoms with Crippen LogP contribution in [0.4, 0.5) is 11.4 Å². The van der Waals surface area contributed by atoms with Crippen LogP contribution < -0.4 is 16.4 Å². The molecule has 1 heterocycles. The standard InChI is InChI=1S/C20H19N3O3S/c1-22-20(26)18(24)12-4-6-13(7-5-12)19(25)23-16-11-14(8-9-15(16)21)17-3-2-10-27-17/h2-11,18,24H,21H2,1H3,(H,22,26)(H,23,25). The number of benzene rings is 2. The molecule has 0 saturated heterocycles. The number of aliphatic hydroxyl groups excluding tert-OH is 1. The Kier molecular flexibility index (Phi) is 5.54. The summed E-state index contributed by atoms with van der Waals surface area (Å²) in [6, 6.07) is 15.6. The van der Waals surface area contributed by atoms with Crippen molar-refractivity contribution in [2.24, 2.45) is 0 Å². The van der Waals surface area contributed by atoms with Crippen LogP contribution in [0.3, 0.4) is 0 Å². The maximum Gasteiger partial charge on any atom is 0.255 e. The Morgan fingerprint density at radius 1 is 1.11 bits per heavy atom. The van der Waals surface area contributed by atoms with Crippen molar-refractivity contribution < 1.29 is 14.7 Å². The van der Waals surface area contributed by atoms with Crippen molar-refractivity contribution in [1.29, 1.82) is 0 Å². The second kappa shape index (κ2) is 8.03. The normalized spacial score (nSPS) is 11.6. The predicted molar refractivity (Wildman–Crippen MR) is 108 cm³/mol. The molecule has 3 rings (SSSR count). The van der Waals surface area contributed by atoms with Gasteiger partial charge in [-0.15, -0.1) is 11.3 Å². The van der Waals surface area contributed by atoms with E-state index in [-0.39, 0.29) is 5.91 Å². The topological polar surface area (TPSA) is 104 Å². The number of amides is 2. The van der Waals surface area contributed by atoms with E-state index in [1.165, 1.54) is 7.05 Å². The minimum Gasteiger partial charge on any atom is -0.397 e. The minimum atomic E-state index is -1.27. The van der Waals surface area contributed by atoms with Crippen LogP contribution in [-0.2, 0) is 4.79 Å². The third kappa shape index (κ3) is 4.16. The fourth-order valence-corrected chi connectivity index (χ4v) is 3.28. The van der Waals surface area contributed by atoms with Crippen molar-refractivity contribution in [3.05, 3.63) is 71.1 Å². The van der Waals surface area contributed by atoms with Gasteiger partial charge in [-0.2, -0.15) is 0 Å². The summed E-state index contributed by atoms with van der Waals surface area (Å²) in [5, 5.41) is 17.1. The number of anilines is 2. The minimum absolute atomic E-state index is 0.328. The van der Waals surface area contributed by atoms with Crippen molar-refractivity contribution in [2.75, 3.05) is 18.1 Å². The zero-order valence-electron chi connectivity index (χ0n) is 14.6. The molecular formula is C20H19N3O3S. The Morgan fingerprint density at radius 3 is 2.48 bits per heavy atom. The lowest BCUT2D eigenvalue weighted by molar-refractivity contribution is -0.129. The van der Waals surface area contributed by atoms with Crippen LogP contribution in [0.25, 0.3) is 10.4 Å². The molecule has 2 aromatic carbocycles. The van der Waals surface area contributed by atoms with E-state index in [4.69, 9.17) is 5.73 Å². The summed E-state index contributed by atoms with van der Waals surface area (Å²) in [5.41, 5.74) is 8.76. The van der Waals surface area contributed by atoms with E-state index >= 15 is 0 Å². The highest BCUT2D eigenvalue weighted by molar-refractivity contribution is 7.13. The Bertz CT molecular complexity index is 953. The smallest absolute Gasteiger partial charge is 0.255 e. The summed E-state index contributed by atoms with van der Waals surface area (Å²) < 4.78 is 0. The fourth-order valence-electron chi connectivity index (χ4n) is 2.56. The van der Waals surface area contributed by atoms with Crippen LogP contribution in [0.15, 0.2) is 60.0 Å². The number of nitrogens with one attached hydrogen (secondary N) is 2. The van der Waals surface area contributed by atoms with Crippen molar-refractivity contribution in [2.45, 2.75) is 6.10 Å². The van der Waals surface area contributed by atoms with Gasteiger partial charge >= 0.3 is 0 Å². The van der Waals surface area contributed by atoms with E-state index in [0.717, 1.165) is 10.4 Å². The first kappa shape index (κ1) is 18.6. The van der Waals surface area contributed by atoms with Gasteiger partial charge in [-0.3, -0.25) is 9.59 Å². The Balaban J connectivity index is 1.77. The molecule has 7 heteroatoms. The summed E-state index contributed by atoms with van der Waals surface area (Å²) in [4.78, 5) is 25.1. The number of nitrogens with two attached hydrogens (primary N) is 1. The molecule has 0 aliphatic heterocycles. The fraction of sp³-hybridized carbons (Fsp3) is 0.100. The average Bonchev–Trinajstić information content (AvgIpc) is 3.23. The van der Waals surface area contributed by atoms with Crippen LogP contribution in [0.5, 0.6) is 0 Å². The van der Waals surface area contributed by atoms with Crippen molar-refractivity contribution in [3.8, 4) is 10.4 Å². The molecule has 3 aromatic rings. The second-order valence-electron chi connectivity index (χ2n) is 5.87. The third-order valence-electron chi connectivity index (χ3n) is 4.09. The Hall–Kier alpha value is -3.16. The number of hydrogen-bond donors (Lipinski definition) is 4. The zero-order valence-corrected chi connectivity index (χ0v) is 15.4. The largest absolute Gasteiger partial charge is 0.397 e. The van der Waals surface area contributed by atoms with Gasteiger partial charge in [-0.05, 0) is 46.8 Å². The van der Waals surface area contributed by atoms with Crippen LogP contribution in [0.2, 0.25) is 0 Å². The van der Waals surface area contributed by atoms with Gasteiger partial charge in [0.1, 0.15) is 0 Å². The molecule has 0 spiro atoms. The maximum absolute atomic E-state index is 12.5. The number of likely N-dealkylation sites (N-methyl/N-ethyl adjacent to an activating group) is 1. The molecule has 0 aliphatic carbocycles. The molecule has 5 N–H and O–H groups in total. The number of carbonyl (C=O) groups excluding carboxylic acids is 2. The van der Waals surface area contributed by atoms with E-state index in [9.17, 15) is 14.7 Å². The first-order valence-electron chi connectivity index (χ1n) is 8.24. The lowest BCUT2D eigenvalue weighted by atomic mass is 10.1. The number of nitrogen functional groups attached to an aromatic ring is 1. The van der Waals surface area contributed by atoms with Gasteiger partial charge in [0.15, 0.2) is 6.10 Å². The van der Waals surface area contributed by atoms with Gasteiger partial charge in [0.25, 0.3) is 11.8 Å². The molecule has 0 radical (unpaired) electrons. The molecule has 1 unspecified atom stereocenters. The van der Waals surface area contributed by atoms with E-state index in [1.54, 1.807) is 41.7 Å². The molecule has 0 fully saturated rings. The Labute approximate surface area is 160 Å². The molecule has 0 aliphatic rings. The molecular weight excluding hydrogens is 362 g/mol. The summed E-state index contributed by atoms with van der Waals surface area (Å²) in [6.45, 7) is 0. The van der Waals surface area contributed by atoms with E-state index in [2.05, 4.69) is 10.6 Å². The lowest BCUT2D eigenvalue weighted by Crippen LogP contribution is -2.25. The van der Waals surface area contributed by atoms with Crippen molar-refractivity contribution >= 4 is 34.5 Å².